The maximum atomic E-state index is 11.1. The Hall–Kier alpha value is -1.79. The molecular weight excluding hydrogens is 222 g/mol. The minimum Gasteiger partial charge on any atom is -0.478 e. The van der Waals surface area contributed by atoms with Gasteiger partial charge in [0.2, 0.25) is 0 Å². The Morgan fingerprint density at radius 3 is 2.76 bits per heavy atom. The SMILES string of the molecule is Nc1cccc(C(=O)O)c1NN1CCOCC1. The Kier molecular flexibility index (Phi) is 3.46. The number of rotatable bonds is 3. The molecule has 17 heavy (non-hydrogen) atoms. The molecule has 0 radical (unpaired) electrons. The molecule has 2 rings (SSSR count). The number of carboxylic acid groups (broad SMARTS) is 1. The summed E-state index contributed by atoms with van der Waals surface area (Å²) in [5.41, 5.74) is 9.89. The number of anilines is 2. The lowest BCUT2D eigenvalue weighted by Gasteiger charge is -2.29. The predicted octanol–water partition coefficient (Wildman–Crippen LogP) is 0.626. The van der Waals surface area contributed by atoms with Gasteiger partial charge in [-0.1, -0.05) is 6.07 Å². The van der Waals surface area contributed by atoms with Gasteiger partial charge in [0.25, 0.3) is 0 Å². The molecule has 6 nitrogen and oxygen atoms in total. The number of carboxylic acids is 1. The maximum absolute atomic E-state index is 11.1. The van der Waals surface area contributed by atoms with Crippen LogP contribution in [0.1, 0.15) is 10.4 Å². The zero-order valence-corrected chi connectivity index (χ0v) is 9.35. The first-order valence-electron chi connectivity index (χ1n) is 5.39. The van der Waals surface area contributed by atoms with Crippen LogP contribution in [0.5, 0.6) is 0 Å². The number of nitrogen functional groups attached to an aromatic ring is 1. The van der Waals surface area contributed by atoms with E-state index in [0.29, 0.717) is 37.7 Å². The van der Waals surface area contributed by atoms with Crippen LogP contribution >= 0.6 is 0 Å². The zero-order valence-electron chi connectivity index (χ0n) is 9.35. The number of nitrogens with one attached hydrogen (secondary N) is 1. The second kappa shape index (κ2) is 5.03. The highest BCUT2D eigenvalue weighted by Gasteiger charge is 2.16. The van der Waals surface area contributed by atoms with Crippen molar-refractivity contribution in [3.63, 3.8) is 0 Å². The summed E-state index contributed by atoms with van der Waals surface area (Å²) in [6, 6.07) is 4.83. The van der Waals surface area contributed by atoms with Crippen molar-refractivity contribution in [2.45, 2.75) is 0 Å². The summed E-state index contributed by atoms with van der Waals surface area (Å²) in [7, 11) is 0. The highest BCUT2D eigenvalue weighted by molar-refractivity contribution is 5.97. The Labute approximate surface area is 98.9 Å². The molecule has 1 aromatic carbocycles. The molecule has 1 saturated heterocycles. The van der Waals surface area contributed by atoms with Crippen molar-refractivity contribution in [1.82, 2.24) is 5.01 Å². The summed E-state index contributed by atoms with van der Waals surface area (Å²) in [6.45, 7) is 2.66. The third-order valence-corrected chi connectivity index (χ3v) is 2.61. The first-order valence-corrected chi connectivity index (χ1v) is 5.39. The zero-order chi connectivity index (χ0) is 12.3. The van der Waals surface area contributed by atoms with Gasteiger partial charge in [0.15, 0.2) is 0 Å². The summed E-state index contributed by atoms with van der Waals surface area (Å²) in [4.78, 5) is 11.1. The molecular formula is C11H15N3O3. The van der Waals surface area contributed by atoms with Crippen molar-refractivity contribution >= 4 is 17.3 Å². The van der Waals surface area contributed by atoms with E-state index in [4.69, 9.17) is 15.6 Å². The van der Waals surface area contributed by atoms with Crippen molar-refractivity contribution in [2.24, 2.45) is 0 Å². The summed E-state index contributed by atoms with van der Waals surface area (Å²) in [6.07, 6.45) is 0. The molecule has 1 aromatic rings. The Morgan fingerprint density at radius 1 is 1.41 bits per heavy atom. The van der Waals surface area contributed by atoms with Gasteiger partial charge >= 0.3 is 5.97 Å². The van der Waals surface area contributed by atoms with Crippen LogP contribution in [0, 0.1) is 0 Å². The summed E-state index contributed by atoms with van der Waals surface area (Å²) in [5, 5.41) is 11.0. The summed E-state index contributed by atoms with van der Waals surface area (Å²) in [5.74, 6) is -0.993. The molecule has 92 valence electrons. The van der Waals surface area contributed by atoms with Crippen LogP contribution in [-0.2, 0) is 4.74 Å². The fourth-order valence-electron chi connectivity index (χ4n) is 1.71. The number of aromatic carboxylic acids is 1. The van der Waals surface area contributed by atoms with Crippen molar-refractivity contribution in [2.75, 3.05) is 37.5 Å². The highest BCUT2D eigenvalue weighted by atomic mass is 16.5. The first kappa shape index (κ1) is 11.7. The lowest BCUT2D eigenvalue weighted by molar-refractivity contribution is 0.0496. The number of hydrazine groups is 1. The maximum Gasteiger partial charge on any atom is 0.337 e. The van der Waals surface area contributed by atoms with Gasteiger partial charge in [-0.2, -0.15) is 0 Å². The monoisotopic (exact) mass is 237 g/mol. The van der Waals surface area contributed by atoms with E-state index in [-0.39, 0.29) is 5.56 Å². The smallest absolute Gasteiger partial charge is 0.337 e. The van der Waals surface area contributed by atoms with E-state index in [9.17, 15) is 4.79 Å². The number of nitrogens with zero attached hydrogens (tertiary/aromatic N) is 1. The van der Waals surface area contributed by atoms with Gasteiger partial charge < -0.3 is 21.0 Å². The number of hydrogen-bond donors (Lipinski definition) is 3. The standard InChI is InChI=1S/C11H15N3O3/c12-9-3-1-2-8(11(15)16)10(9)13-14-4-6-17-7-5-14/h1-3,13H,4-7,12H2,(H,15,16). The van der Waals surface area contributed by atoms with Crippen molar-refractivity contribution in [1.29, 1.82) is 0 Å². The van der Waals surface area contributed by atoms with Crippen LogP contribution in [-0.4, -0.2) is 42.4 Å². The third-order valence-electron chi connectivity index (χ3n) is 2.61. The molecule has 0 bridgehead atoms. The van der Waals surface area contributed by atoms with Crippen molar-refractivity contribution < 1.29 is 14.6 Å². The van der Waals surface area contributed by atoms with Crippen molar-refractivity contribution in [3.05, 3.63) is 23.8 Å². The number of nitrogens with two attached hydrogens (primary N) is 1. The Balaban J connectivity index is 2.21. The van der Waals surface area contributed by atoms with Gasteiger partial charge in [0, 0.05) is 13.1 Å². The number of para-hydroxylation sites is 1. The molecule has 0 aromatic heterocycles. The lowest BCUT2D eigenvalue weighted by Crippen LogP contribution is -2.40. The van der Waals surface area contributed by atoms with E-state index < -0.39 is 5.97 Å². The second-order valence-corrected chi connectivity index (χ2v) is 3.79. The predicted molar refractivity (Wildman–Crippen MR) is 63.8 cm³/mol. The van der Waals surface area contributed by atoms with E-state index in [0.717, 1.165) is 0 Å². The molecule has 0 amide bonds. The van der Waals surface area contributed by atoms with Gasteiger partial charge in [0.05, 0.1) is 30.2 Å². The van der Waals surface area contributed by atoms with E-state index in [2.05, 4.69) is 5.43 Å². The van der Waals surface area contributed by atoms with Crippen LogP contribution in [0.25, 0.3) is 0 Å². The van der Waals surface area contributed by atoms with Crippen LogP contribution in [0.4, 0.5) is 11.4 Å². The number of carbonyl (C=O) groups is 1. The van der Waals surface area contributed by atoms with Crippen LogP contribution in [0.3, 0.4) is 0 Å². The first-order chi connectivity index (χ1) is 8.18. The van der Waals surface area contributed by atoms with Gasteiger partial charge in [0.1, 0.15) is 0 Å². The fourth-order valence-corrected chi connectivity index (χ4v) is 1.71. The Morgan fingerprint density at radius 2 is 2.12 bits per heavy atom. The number of benzene rings is 1. The number of morpholine rings is 1. The summed E-state index contributed by atoms with van der Waals surface area (Å²) < 4.78 is 5.22. The third kappa shape index (κ3) is 2.66. The van der Waals surface area contributed by atoms with E-state index in [1.807, 2.05) is 5.01 Å². The molecule has 6 heteroatoms. The minimum absolute atomic E-state index is 0.177. The molecule has 0 unspecified atom stereocenters. The molecule has 0 spiro atoms. The quantitative estimate of drug-likeness (QED) is 0.668. The number of hydrogen-bond acceptors (Lipinski definition) is 5. The van der Waals surface area contributed by atoms with Gasteiger partial charge in [-0.3, -0.25) is 0 Å². The van der Waals surface area contributed by atoms with Crippen LogP contribution in [0.15, 0.2) is 18.2 Å². The van der Waals surface area contributed by atoms with E-state index in [1.165, 1.54) is 6.07 Å². The molecule has 1 aliphatic rings. The molecule has 0 aliphatic carbocycles. The van der Waals surface area contributed by atoms with Crippen molar-refractivity contribution in [3.8, 4) is 0 Å². The second-order valence-electron chi connectivity index (χ2n) is 3.79. The van der Waals surface area contributed by atoms with Gasteiger partial charge in [-0.15, -0.1) is 0 Å². The molecule has 0 saturated carbocycles. The largest absolute Gasteiger partial charge is 0.478 e. The minimum atomic E-state index is -0.993. The Bertz CT molecular complexity index is 416. The fraction of sp³-hybridized carbons (Fsp3) is 0.364. The number of ether oxygens (including phenoxy) is 1. The van der Waals surface area contributed by atoms with Crippen LogP contribution in [0.2, 0.25) is 0 Å². The molecule has 0 atom stereocenters. The molecule has 4 N–H and O–H groups in total. The topological polar surface area (TPSA) is 87.8 Å². The molecule has 1 aliphatic heterocycles. The average Bonchev–Trinajstić information content (AvgIpc) is 2.33. The molecule has 1 fully saturated rings. The lowest BCUT2D eigenvalue weighted by atomic mass is 10.1. The average molecular weight is 237 g/mol. The van der Waals surface area contributed by atoms with Gasteiger partial charge in [-0.25, -0.2) is 9.80 Å². The van der Waals surface area contributed by atoms with E-state index in [1.54, 1.807) is 12.1 Å². The van der Waals surface area contributed by atoms with Gasteiger partial charge in [-0.05, 0) is 12.1 Å². The highest BCUT2D eigenvalue weighted by Crippen LogP contribution is 2.24. The normalized spacial score (nSPS) is 16.7. The molecule has 1 heterocycles. The van der Waals surface area contributed by atoms with Crippen LogP contribution < -0.4 is 11.2 Å². The summed E-state index contributed by atoms with van der Waals surface area (Å²) >= 11 is 0. The van der Waals surface area contributed by atoms with E-state index >= 15 is 0 Å².